The first kappa shape index (κ1) is 18.5. The molecule has 0 unspecified atom stereocenters. The summed E-state index contributed by atoms with van der Waals surface area (Å²) in [7, 11) is 5.08. The quantitative estimate of drug-likeness (QED) is 0.645. The monoisotopic (exact) mass is 361 g/mol. The minimum absolute atomic E-state index is 0.0233. The summed E-state index contributed by atoms with van der Waals surface area (Å²) in [5.41, 5.74) is 3.91. The molecule has 0 saturated heterocycles. The van der Waals surface area contributed by atoms with Crippen molar-refractivity contribution in [3.05, 3.63) is 78.4 Å². The van der Waals surface area contributed by atoms with Crippen molar-refractivity contribution in [2.75, 3.05) is 26.2 Å². The van der Waals surface area contributed by atoms with Crippen LogP contribution in [0, 0.1) is 0 Å². The molecule has 0 atom stereocenters. The number of nitrogens with zero attached hydrogens (tertiary/aromatic N) is 1. The van der Waals surface area contributed by atoms with Crippen LogP contribution in [0.5, 0.6) is 11.5 Å². The maximum Gasteiger partial charge on any atom is 0.231 e. The minimum atomic E-state index is 0.0233. The number of likely N-dealkylation sites (N-methyl/N-ethyl adjacent to an activating group) is 1. The Hall–Kier alpha value is -3.27. The minimum Gasteiger partial charge on any atom is -0.497 e. The fourth-order valence-corrected chi connectivity index (χ4v) is 2.90. The highest BCUT2D eigenvalue weighted by Crippen LogP contribution is 2.26. The van der Waals surface area contributed by atoms with Gasteiger partial charge in [-0.05, 0) is 53.1 Å². The van der Waals surface area contributed by atoms with Crippen molar-refractivity contribution in [2.45, 2.75) is 6.42 Å². The molecule has 3 aromatic rings. The molecule has 0 aliphatic heterocycles. The van der Waals surface area contributed by atoms with Crippen molar-refractivity contribution in [1.82, 2.24) is 0 Å². The summed E-state index contributed by atoms with van der Waals surface area (Å²) >= 11 is 0. The van der Waals surface area contributed by atoms with Crippen molar-refractivity contribution in [3.8, 4) is 22.6 Å². The highest BCUT2D eigenvalue weighted by Gasteiger charge is 2.13. The van der Waals surface area contributed by atoms with E-state index in [4.69, 9.17) is 9.47 Å². The molecule has 27 heavy (non-hydrogen) atoms. The third kappa shape index (κ3) is 4.47. The average molecular weight is 361 g/mol. The first-order valence-electron chi connectivity index (χ1n) is 8.74. The second-order valence-electron chi connectivity index (χ2n) is 6.26. The normalized spacial score (nSPS) is 10.3. The van der Waals surface area contributed by atoms with Gasteiger partial charge in [0.2, 0.25) is 5.91 Å². The second-order valence-corrected chi connectivity index (χ2v) is 6.26. The predicted molar refractivity (Wildman–Crippen MR) is 109 cm³/mol. The molecule has 0 aliphatic rings. The number of carbonyl (C=O) groups excluding carboxylic acids is 1. The summed E-state index contributed by atoms with van der Waals surface area (Å²) in [6, 6.07) is 23.4. The molecule has 3 rings (SSSR count). The third-order valence-corrected chi connectivity index (χ3v) is 4.52. The Morgan fingerprint density at radius 3 is 2.22 bits per heavy atom. The van der Waals surface area contributed by atoms with E-state index >= 15 is 0 Å². The number of anilines is 1. The molecule has 0 bridgehead atoms. The van der Waals surface area contributed by atoms with E-state index in [1.165, 1.54) is 0 Å². The highest BCUT2D eigenvalue weighted by atomic mass is 16.5. The Bertz CT molecular complexity index is 919. The number of hydrogen-bond acceptors (Lipinski definition) is 3. The van der Waals surface area contributed by atoms with Gasteiger partial charge in [0.25, 0.3) is 0 Å². The van der Waals surface area contributed by atoms with Gasteiger partial charge >= 0.3 is 0 Å². The van der Waals surface area contributed by atoms with Crippen molar-refractivity contribution in [1.29, 1.82) is 0 Å². The SMILES string of the molecule is COc1ccc(-c2cccc(N(C)C(=O)Cc3cccc(OC)c3)c2)cc1. The van der Waals surface area contributed by atoms with Gasteiger partial charge in [0, 0.05) is 12.7 Å². The van der Waals surface area contributed by atoms with Crippen LogP contribution in [-0.2, 0) is 11.2 Å². The van der Waals surface area contributed by atoms with E-state index in [0.29, 0.717) is 6.42 Å². The molecule has 4 heteroatoms. The fraction of sp³-hybridized carbons (Fsp3) is 0.174. The van der Waals surface area contributed by atoms with Crippen molar-refractivity contribution in [3.63, 3.8) is 0 Å². The van der Waals surface area contributed by atoms with Gasteiger partial charge in [-0.15, -0.1) is 0 Å². The summed E-state index contributed by atoms with van der Waals surface area (Å²) < 4.78 is 10.4. The van der Waals surface area contributed by atoms with Crippen molar-refractivity contribution >= 4 is 11.6 Å². The smallest absolute Gasteiger partial charge is 0.231 e. The third-order valence-electron chi connectivity index (χ3n) is 4.52. The van der Waals surface area contributed by atoms with Gasteiger partial charge in [0.15, 0.2) is 0 Å². The molecule has 0 spiro atoms. The van der Waals surface area contributed by atoms with Crippen LogP contribution in [0.25, 0.3) is 11.1 Å². The van der Waals surface area contributed by atoms with E-state index in [9.17, 15) is 4.79 Å². The van der Waals surface area contributed by atoms with E-state index in [1.54, 1.807) is 26.2 Å². The molecule has 138 valence electrons. The molecule has 0 aromatic heterocycles. The summed E-state index contributed by atoms with van der Waals surface area (Å²) in [6.07, 6.45) is 0.320. The number of ether oxygens (including phenoxy) is 2. The molecule has 1 amide bonds. The number of methoxy groups -OCH3 is 2. The van der Waals surface area contributed by atoms with E-state index in [1.807, 2.05) is 72.8 Å². The Balaban J connectivity index is 1.77. The summed E-state index contributed by atoms with van der Waals surface area (Å²) in [5.74, 6) is 1.60. The number of hydrogen-bond donors (Lipinski definition) is 0. The number of carbonyl (C=O) groups is 1. The van der Waals surface area contributed by atoms with Crippen LogP contribution in [-0.4, -0.2) is 27.2 Å². The lowest BCUT2D eigenvalue weighted by Gasteiger charge is -2.18. The van der Waals surface area contributed by atoms with E-state index in [-0.39, 0.29) is 5.91 Å². The van der Waals surface area contributed by atoms with E-state index in [0.717, 1.165) is 33.9 Å². The van der Waals surface area contributed by atoms with E-state index in [2.05, 4.69) is 0 Å². The summed E-state index contributed by atoms with van der Waals surface area (Å²) in [6.45, 7) is 0. The Morgan fingerprint density at radius 2 is 1.52 bits per heavy atom. The zero-order valence-corrected chi connectivity index (χ0v) is 15.8. The molecule has 0 radical (unpaired) electrons. The van der Waals surface area contributed by atoms with Crippen LogP contribution >= 0.6 is 0 Å². The van der Waals surface area contributed by atoms with Crippen LogP contribution in [0.2, 0.25) is 0 Å². The lowest BCUT2D eigenvalue weighted by Crippen LogP contribution is -2.27. The fourth-order valence-electron chi connectivity index (χ4n) is 2.90. The molecular formula is C23H23NO3. The van der Waals surface area contributed by atoms with Gasteiger partial charge in [-0.25, -0.2) is 0 Å². The first-order valence-corrected chi connectivity index (χ1v) is 8.74. The maximum atomic E-state index is 12.7. The Morgan fingerprint density at radius 1 is 0.815 bits per heavy atom. The van der Waals surface area contributed by atoms with Crippen molar-refractivity contribution < 1.29 is 14.3 Å². The number of rotatable bonds is 6. The molecule has 0 N–H and O–H groups in total. The largest absolute Gasteiger partial charge is 0.497 e. The molecular weight excluding hydrogens is 338 g/mol. The molecule has 3 aromatic carbocycles. The van der Waals surface area contributed by atoms with Gasteiger partial charge in [-0.1, -0.05) is 36.4 Å². The second kappa shape index (κ2) is 8.41. The molecule has 0 fully saturated rings. The van der Waals surface area contributed by atoms with Crippen LogP contribution in [0.15, 0.2) is 72.8 Å². The maximum absolute atomic E-state index is 12.7. The van der Waals surface area contributed by atoms with Crippen LogP contribution < -0.4 is 14.4 Å². The van der Waals surface area contributed by atoms with Gasteiger partial charge in [-0.3, -0.25) is 4.79 Å². The Kier molecular flexibility index (Phi) is 5.77. The Labute approximate surface area is 160 Å². The van der Waals surface area contributed by atoms with Crippen LogP contribution in [0.4, 0.5) is 5.69 Å². The van der Waals surface area contributed by atoms with Gasteiger partial charge in [-0.2, -0.15) is 0 Å². The highest BCUT2D eigenvalue weighted by molar-refractivity contribution is 5.95. The molecule has 0 aliphatic carbocycles. The van der Waals surface area contributed by atoms with Gasteiger partial charge in [0.05, 0.1) is 20.6 Å². The predicted octanol–water partition coefficient (Wildman–Crippen LogP) is 4.58. The van der Waals surface area contributed by atoms with E-state index < -0.39 is 0 Å². The lowest BCUT2D eigenvalue weighted by molar-refractivity contribution is -0.117. The standard InChI is InChI=1S/C23H23NO3/c1-24(23(25)15-17-6-4-9-22(14-17)27-3)20-8-5-7-19(16-20)18-10-12-21(26-2)13-11-18/h4-14,16H,15H2,1-3H3. The van der Waals surface area contributed by atoms with Crippen LogP contribution in [0.1, 0.15) is 5.56 Å². The summed E-state index contributed by atoms with van der Waals surface area (Å²) in [4.78, 5) is 14.4. The van der Waals surface area contributed by atoms with Gasteiger partial charge < -0.3 is 14.4 Å². The number of amides is 1. The number of benzene rings is 3. The van der Waals surface area contributed by atoms with Crippen LogP contribution in [0.3, 0.4) is 0 Å². The zero-order chi connectivity index (χ0) is 19.2. The molecule has 4 nitrogen and oxygen atoms in total. The van der Waals surface area contributed by atoms with Crippen molar-refractivity contribution in [2.24, 2.45) is 0 Å². The molecule has 0 saturated carbocycles. The molecule has 0 heterocycles. The first-order chi connectivity index (χ1) is 13.1. The summed E-state index contributed by atoms with van der Waals surface area (Å²) in [5, 5.41) is 0. The zero-order valence-electron chi connectivity index (χ0n) is 15.8. The van der Waals surface area contributed by atoms with Gasteiger partial charge in [0.1, 0.15) is 11.5 Å². The topological polar surface area (TPSA) is 38.8 Å². The average Bonchev–Trinajstić information content (AvgIpc) is 2.73. The lowest BCUT2D eigenvalue weighted by atomic mass is 10.0.